The highest BCUT2D eigenvalue weighted by Gasteiger charge is 2.12. The summed E-state index contributed by atoms with van der Waals surface area (Å²) in [5.41, 5.74) is 6.55. The van der Waals surface area contributed by atoms with Crippen molar-refractivity contribution in [3.05, 3.63) is 30.5 Å². The first-order valence-corrected chi connectivity index (χ1v) is 4.99. The van der Waals surface area contributed by atoms with Gasteiger partial charge < -0.3 is 15.6 Å². The number of rotatable bonds is 3. The van der Waals surface area contributed by atoms with Crippen molar-refractivity contribution in [1.82, 2.24) is 19.7 Å². The van der Waals surface area contributed by atoms with E-state index in [9.17, 15) is 0 Å². The summed E-state index contributed by atoms with van der Waals surface area (Å²) in [6, 6.07) is 3.75. The Hall–Kier alpha value is -2.11. The molecule has 6 nitrogen and oxygen atoms in total. The molecule has 0 bridgehead atoms. The molecule has 2 heterocycles. The van der Waals surface area contributed by atoms with Crippen molar-refractivity contribution in [1.29, 1.82) is 0 Å². The van der Waals surface area contributed by atoms with Gasteiger partial charge in [-0.15, -0.1) is 10.2 Å². The van der Waals surface area contributed by atoms with Crippen LogP contribution in [0.25, 0.3) is 0 Å². The van der Waals surface area contributed by atoms with Gasteiger partial charge in [-0.1, -0.05) is 0 Å². The maximum atomic E-state index is 5.74. The van der Waals surface area contributed by atoms with E-state index in [1.54, 1.807) is 12.5 Å². The molecule has 2 aromatic heterocycles. The molecule has 0 saturated carbocycles. The normalized spacial score (nSPS) is 12.4. The van der Waals surface area contributed by atoms with E-state index in [-0.39, 0.29) is 6.04 Å². The van der Waals surface area contributed by atoms with Crippen molar-refractivity contribution in [2.75, 3.05) is 11.1 Å². The predicted molar refractivity (Wildman–Crippen MR) is 61.7 cm³/mol. The van der Waals surface area contributed by atoms with E-state index in [2.05, 4.69) is 20.5 Å². The third-order valence-electron chi connectivity index (χ3n) is 2.34. The number of hydrogen-bond acceptors (Lipinski definition) is 5. The molecule has 0 saturated heterocycles. The van der Waals surface area contributed by atoms with Crippen LogP contribution >= 0.6 is 0 Å². The maximum Gasteiger partial charge on any atom is 0.154 e. The zero-order valence-electron chi connectivity index (χ0n) is 9.25. The molecule has 84 valence electrons. The number of hydrogen-bond donors (Lipinski definition) is 2. The van der Waals surface area contributed by atoms with Crippen molar-refractivity contribution in [2.24, 2.45) is 7.05 Å². The van der Waals surface area contributed by atoms with Gasteiger partial charge in [0.15, 0.2) is 5.82 Å². The summed E-state index contributed by atoms with van der Waals surface area (Å²) in [6.45, 7) is 2.00. The van der Waals surface area contributed by atoms with Crippen LogP contribution in [0.2, 0.25) is 0 Å². The van der Waals surface area contributed by atoms with Gasteiger partial charge in [-0.25, -0.2) is 4.98 Å². The van der Waals surface area contributed by atoms with Gasteiger partial charge in [0, 0.05) is 13.2 Å². The fourth-order valence-corrected chi connectivity index (χ4v) is 1.52. The molecular formula is C10H14N6. The van der Waals surface area contributed by atoms with Crippen LogP contribution in [0.5, 0.6) is 0 Å². The minimum atomic E-state index is 0.0269. The molecular weight excluding hydrogens is 204 g/mol. The predicted octanol–water partition coefficient (Wildman–Crippen LogP) is 0.965. The Morgan fingerprint density at radius 2 is 2.31 bits per heavy atom. The van der Waals surface area contributed by atoms with Crippen LogP contribution in [0.4, 0.5) is 11.5 Å². The Kier molecular flexibility index (Phi) is 2.72. The maximum absolute atomic E-state index is 5.74. The first kappa shape index (κ1) is 10.4. The Morgan fingerprint density at radius 3 is 2.94 bits per heavy atom. The van der Waals surface area contributed by atoms with Gasteiger partial charge in [0.1, 0.15) is 12.1 Å². The Balaban J connectivity index is 2.17. The zero-order chi connectivity index (χ0) is 11.5. The Labute approximate surface area is 93.5 Å². The van der Waals surface area contributed by atoms with Gasteiger partial charge in [-0.05, 0) is 19.1 Å². The van der Waals surface area contributed by atoms with Gasteiger partial charge >= 0.3 is 0 Å². The fourth-order valence-electron chi connectivity index (χ4n) is 1.52. The molecule has 1 atom stereocenters. The summed E-state index contributed by atoms with van der Waals surface area (Å²) in [5.74, 6) is 1.33. The second-order valence-corrected chi connectivity index (χ2v) is 3.60. The van der Waals surface area contributed by atoms with E-state index in [0.717, 1.165) is 11.5 Å². The third kappa shape index (κ3) is 1.95. The molecule has 2 rings (SSSR count). The lowest BCUT2D eigenvalue weighted by molar-refractivity contribution is 0.719. The molecule has 16 heavy (non-hydrogen) atoms. The summed E-state index contributed by atoms with van der Waals surface area (Å²) in [4.78, 5) is 4.01. The first-order valence-electron chi connectivity index (χ1n) is 4.99. The van der Waals surface area contributed by atoms with Crippen LogP contribution in [0, 0.1) is 0 Å². The zero-order valence-corrected chi connectivity index (χ0v) is 9.25. The lowest BCUT2D eigenvalue weighted by atomic mass is 10.3. The average molecular weight is 218 g/mol. The van der Waals surface area contributed by atoms with Crippen molar-refractivity contribution in [3.63, 3.8) is 0 Å². The monoisotopic (exact) mass is 218 g/mol. The number of nitrogens with one attached hydrogen (secondary N) is 1. The van der Waals surface area contributed by atoms with Crippen LogP contribution < -0.4 is 11.1 Å². The van der Waals surface area contributed by atoms with E-state index < -0.39 is 0 Å². The molecule has 6 heteroatoms. The van der Waals surface area contributed by atoms with E-state index in [1.807, 2.05) is 30.7 Å². The highest BCUT2D eigenvalue weighted by molar-refractivity contribution is 5.61. The summed E-state index contributed by atoms with van der Waals surface area (Å²) >= 11 is 0. The van der Waals surface area contributed by atoms with E-state index in [4.69, 9.17) is 5.73 Å². The van der Waals surface area contributed by atoms with E-state index in [1.165, 1.54) is 0 Å². The Bertz CT molecular complexity index is 478. The number of anilines is 2. The number of nitrogens with zero attached hydrogens (tertiary/aromatic N) is 4. The quantitative estimate of drug-likeness (QED) is 0.802. The van der Waals surface area contributed by atoms with Crippen molar-refractivity contribution >= 4 is 11.5 Å². The van der Waals surface area contributed by atoms with Crippen LogP contribution in [-0.4, -0.2) is 19.7 Å². The number of aromatic nitrogens is 4. The van der Waals surface area contributed by atoms with Crippen LogP contribution in [0.3, 0.4) is 0 Å². The minimum absolute atomic E-state index is 0.0269. The third-order valence-corrected chi connectivity index (χ3v) is 2.34. The molecule has 3 N–H and O–H groups in total. The van der Waals surface area contributed by atoms with Crippen molar-refractivity contribution in [2.45, 2.75) is 13.0 Å². The molecule has 0 spiro atoms. The highest BCUT2D eigenvalue weighted by Crippen LogP contribution is 2.20. The van der Waals surface area contributed by atoms with Gasteiger partial charge in [0.2, 0.25) is 0 Å². The fraction of sp³-hybridized carbons (Fsp3) is 0.300. The molecule has 2 aromatic rings. The standard InChI is InChI=1S/C10H14N6/c1-7(10-15-13-6-16(10)2)14-8-4-3-5-12-9(8)11/h3-7,14H,1-2H3,(H2,11,12). The molecule has 0 aliphatic carbocycles. The minimum Gasteiger partial charge on any atom is -0.382 e. The van der Waals surface area contributed by atoms with Crippen LogP contribution in [-0.2, 0) is 7.05 Å². The van der Waals surface area contributed by atoms with Gasteiger partial charge in [0.25, 0.3) is 0 Å². The largest absolute Gasteiger partial charge is 0.382 e. The van der Waals surface area contributed by atoms with Gasteiger partial charge in [0.05, 0.1) is 11.7 Å². The number of aryl methyl sites for hydroxylation is 1. The SMILES string of the molecule is CC(Nc1cccnc1N)c1nncn1C. The van der Waals surface area contributed by atoms with Gasteiger partial charge in [-0.2, -0.15) is 0 Å². The molecule has 0 amide bonds. The van der Waals surface area contributed by atoms with Crippen LogP contribution in [0.1, 0.15) is 18.8 Å². The second kappa shape index (κ2) is 4.18. The molecule has 0 fully saturated rings. The molecule has 1 unspecified atom stereocenters. The van der Waals surface area contributed by atoms with E-state index in [0.29, 0.717) is 5.82 Å². The van der Waals surface area contributed by atoms with Crippen molar-refractivity contribution < 1.29 is 0 Å². The summed E-state index contributed by atoms with van der Waals surface area (Å²) in [6.07, 6.45) is 3.33. The molecule has 0 radical (unpaired) electrons. The molecule has 0 aliphatic heterocycles. The number of nitrogen functional groups attached to an aromatic ring is 1. The van der Waals surface area contributed by atoms with Crippen molar-refractivity contribution in [3.8, 4) is 0 Å². The summed E-state index contributed by atoms with van der Waals surface area (Å²) in [5, 5.41) is 11.1. The first-order chi connectivity index (χ1) is 7.68. The second-order valence-electron chi connectivity index (χ2n) is 3.60. The number of pyridine rings is 1. The smallest absolute Gasteiger partial charge is 0.154 e. The average Bonchev–Trinajstić information content (AvgIpc) is 2.68. The summed E-state index contributed by atoms with van der Waals surface area (Å²) in [7, 11) is 1.90. The highest BCUT2D eigenvalue weighted by atomic mass is 15.3. The lowest BCUT2D eigenvalue weighted by Gasteiger charge is -2.15. The molecule has 0 aliphatic rings. The molecule has 0 aromatic carbocycles. The Morgan fingerprint density at radius 1 is 1.50 bits per heavy atom. The van der Waals surface area contributed by atoms with Crippen LogP contribution in [0.15, 0.2) is 24.7 Å². The lowest BCUT2D eigenvalue weighted by Crippen LogP contribution is -2.13. The number of nitrogens with two attached hydrogens (primary N) is 1. The summed E-state index contributed by atoms with van der Waals surface area (Å²) < 4.78 is 1.87. The topological polar surface area (TPSA) is 81.7 Å². The van der Waals surface area contributed by atoms with Gasteiger partial charge in [-0.3, -0.25) is 0 Å². The van der Waals surface area contributed by atoms with E-state index >= 15 is 0 Å².